The van der Waals surface area contributed by atoms with Crippen molar-refractivity contribution in [1.82, 2.24) is 4.98 Å². The van der Waals surface area contributed by atoms with E-state index in [-0.39, 0.29) is 0 Å². The summed E-state index contributed by atoms with van der Waals surface area (Å²) in [6.07, 6.45) is 1.59. The van der Waals surface area contributed by atoms with Gasteiger partial charge in [0.1, 0.15) is 6.07 Å². The third-order valence-electron chi connectivity index (χ3n) is 1.09. The molecule has 0 N–H and O–H groups in total. The van der Waals surface area contributed by atoms with Crippen molar-refractivity contribution in [3.63, 3.8) is 0 Å². The summed E-state index contributed by atoms with van der Waals surface area (Å²) >= 11 is 2.23. The van der Waals surface area contributed by atoms with E-state index in [1.165, 1.54) is 0 Å². The van der Waals surface area contributed by atoms with Crippen LogP contribution < -0.4 is 0 Å². The molecule has 0 atom stereocenters. The Morgan fingerprint density at radius 3 is 2.80 bits per heavy atom. The van der Waals surface area contributed by atoms with Gasteiger partial charge in [0.05, 0.1) is 11.3 Å². The highest BCUT2D eigenvalue weighted by Crippen LogP contribution is 2.02. The van der Waals surface area contributed by atoms with Crippen molar-refractivity contribution in [2.75, 3.05) is 0 Å². The van der Waals surface area contributed by atoms with Crippen LogP contribution in [0.25, 0.3) is 0 Å². The van der Waals surface area contributed by atoms with Crippen LogP contribution in [0, 0.1) is 11.3 Å². The predicted octanol–water partition coefficient (Wildman–Crippen LogP) is 1.89. The fourth-order valence-corrected chi connectivity index (χ4v) is 1.02. The molecule has 0 radical (unpaired) electrons. The molecule has 1 aromatic rings. The fraction of sp³-hybridized carbons (Fsp3) is 0.143. The number of pyridine rings is 1. The smallest absolute Gasteiger partial charge is 0.101 e. The Bertz CT molecular complexity index is 247. The van der Waals surface area contributed by atoms with Crippen molar-refractivity contribution in [2.45, 2.75) is 4.43 Å². The zero-order valence-corrected chi connectivity index (χ0v) is 7.37. The summed E-state index contributed by atoms with van der Waals surface area (Å²) in [6.45, 7) is 0. The van der Waals surface area contributed by atoms with Crippen LogP contribution in [0.2, 0.25) is 0 Å². The zero-order chi connectivity index (χ0) is 7.40. The van der Waals surface area contributed by atoms with E-state index in [4.69, 9.17) is 5.26 Å². The van der Waals surface area contributed by atoms with E-state index in [0.29, 0.717) is 5.56 Å². The SMILES string of the molecule is N#Cc1ccc(CI)nc1. The van der Waals surface area contributed by atoms with Crippen molar-refractivity contribution in [1.29, 1.82) is 5.26 Å². The summed E-state index contributed by atoms with van der Waals surface area (Å²) in [4.78, 5) is 4.04. The summed E-state index contributed by atoms with van der Waals surface area (Å²) in [7, 11) is 0. The Kier molecular flexibility index (Phi) is 2.63. The molecule has 0 unspecified atom stereocenters. The monoisotopic (exact) mass is 244 g/mol. The molecule has 1 rings (SSSR count). The zero-order valence-electron chi connectivity index (χ0n) is 5.21. The minimum atomic E-state index is 0.619. The first kappa shape index (κ1) is 7.48. The molecule has 1 heterocycles. The molecule has 0 aliphatic heterocycles. The number of nitrogens with zero attached hydrogens (tertiary/aromatic N) is 2. The minimum absolute atomic E-state index is 0.619. The first-order valence-electron chi connectivity index (χ1n) is 2.78. The van der Waals surface area contributed by atoms with Gasteiger partial charge in [0.15, 0.2) is 0 Å². The Morgan fingerprint density at radius 1 is 1.60 bits per heavy atom. The molecule has 0 aliphatic rings. The van der Waals surface area contributed by atoms with Gasteiger partial charge in [0, 0.05) is 10.6 Å². The van der Waals surface area contributed by atoms with Crippen LogP contribution in [0.1, 0.15) is 11.3 Å². The van der Waals surface area contributed by atoms with Crippen LogP contribution >= 0.6 is 22.6 Å². The molecule has 0 bridgehead atoms. The van der Waals surface area contributed by atoms with E-state index < -0.39 is 0 Å². The van der Waals surface area contributed by atoms with Crippen molar-refractivity contribution in [3.05, 3.63) is 29.6 Å². The van der Waals surface area contributed by atoms with Crippen molar-refractivity contribution in [3.8, 4) is 6.07 Å². The van der Waals surface area contributed by atoms with E-state index in [9.17, 15) is 0 Å². The molecule has 10 heavy (non-hydrogen) atoms. The van der Waals surface area contributed by atoms with Gasteiger partial charge in [-0.05, 0) is 12.1 Å². The van der Waals surface area contributed by atoms with Gasteiger partial charge in [-0.15, -0.1) is 0 Å². The van der Waals surface area contributed by atoms with Crippen molar-refractivity contribution >= 4 is 22.6 Å². The number of hydrogen-bond donors (Lipinski definition) is 0. The molecular weight excluding hydrogens is 239 g/mol. The van der Waals surface area contributed by atoms with Crippen molar-refractivity contribution < 1.29 is 0 Å². The molecule has 0 amide bonds. The van der Waals surface area contributed by atoms with Gasteiger partial charge in [0.2, 0.25) is 0 Å². The van der Waals surface area contributed by atoms with Crippen LogP contribution in [-0.2, 0) is 4.43 Å². The number of halogens is 1. The maximum atomic E-state index is 8.41. The number of alkyl halides is 1. The van der Waals surface area contributed by atoms with E-state index in [0.717, 1.165) is 10.1 Å². The minimum Gasteiger partial charge on any atom is -0.259 e. The predicted molar refractivity (Wildman–Crippen MR) is 46.7 cm³/mol. The lowest BCUT2D eigenvalue weighted by molar-refractivity contribution is 1.18. The van der Waals surface area contributed by atoms with Gasteiger partial charge < -0.3 is 0 Å². The highest BCUT2D eigenvalue weighted by molar-refractivity contribution is 14.1. The van der Waals surface area contributed by atoms with E-state index in [1.807, 2.05) is 12.1 Å². The largest absolute Gasteiger partial charge is 0.259 e. The molecule has 3 heteroatoms. The summed E-state index contributed by atoms with van der Waals surface area (Å²) in [5.74, 6) is 0. The van der Waals surface area contributed by atoms with Crippen LogP contribution in [0.4, 0.5) is 0 Å². The average Bonchev–Trinajstić information content (AvgIpc) is 2.05. The summed E-state index contributed by atoms with van der Waals surface area (Å²) in [5, 5.41) is 8.41. The van der Waals surface area contributed by atoms with Gasteiger partial charge in [0.25, 0.3) is 0 Å². The Morgan fingerprint density at radius 2 is 2.40 bits per heavy atom. The Balaban J connectivity index is 2.93. The lowest BCUT2D eigenvalue weighted by Gasteiger charge is -1.91. The van der Waals surface area contributed by atoms with E-state index in [2.05, 4.69) is 27.6 Å². The van der Waals surface area contributed by atoms with Crippen LogP contribution in [-0.4, -0.2) is 4.98 Å². The van der Waals surface area contributed by atoms with Crippen LogP contribution in [0.5, 0.6) is 0 Å². The average molecular weight is 244 g/mol. The third-order valence-corrected chi connectivity index (χ3v) is 1.87. The van der Waals surface area contributed by atoms with Crippen molar-refractivity contribution in [2.24, 2.45) is 0 Å². The third kappa shape index (κ3) is 1.67. The topological polar surface area (TPSA) is 36.7 Å². The van der Waals surface area contributed by atoms with Crippen LogP contribution in [0.3, 0.4) is 0 Å². The standard InChI is InChI=1S/C7H5IN2/c8-3-7-2-1-6(4-9)5-10-7/h1-2,5H,3H2. The number of hydrogen-bond acceptors (Lipinski definition) is 2. The van der Waals surface area contributed by atoms with Gasteiger partial charge in [-0.2, -0.15) is 5.26 Å². The molecule has 50 valence electrons. The highest BCUT2D eigenvalue weighted by atomic mass is 127. The highest BCUT2D eigenvalue weighted by Gasteiger charge is 1.90. The molecule has 0 saturated heterocycles. The van der Waals surface area contributed by atoms with Gasteiger partial charge in [-0.25, -0.2) is 0 Å². The maximum absolute atomic E-state index is 8.41. The van der Waals surface area contributed by atoms with Gasteiger partial charge >= 0.3 is 0 Å². The summed E-state index contributed by atoms with van der Waals surface area (Å²) in [6, 6.07) is 5.66. The summed E-state index contributed by atoms with van der Waals surface area (Å²) in [5.41, 5.74) is 1.63. The maximum Gasteiger partial charge on any atom is 0.101 e. The molecular formula is C7H5IN2. The van der Waals surface area contributed by atoms with E-state index in [1.54, 1.807) is 12.3 Å². The number of nitriles is 1. The Labute approximate surface area is 73.0 Å². The number of aromatic nitrogens is 1. The molecule has 0 fully saturated rings. The first-order valence-corrected chi connectivity index (χ1v) is 4.30. The molecule has 1 aromatic heterocycles. The second-order valence-electron chi connectivity index (χ2n) is 1.78. The van der Waals surface area contributed by atoms with Gasteiger partial charge in [-0.1, -0.05) is 22.6 Å². The molecule has 0 aromatic carbocycles. The van der Waals surface area contributed by atoms with E-state index >= 15 is 0 Å². The normalized spacial score (nSPS) is 8.80. The second-order valence-corrected chi connectivity index (χ2v) is 2.55. The lowest BCUT2D eigenvalue weighted by atomic mass is 10.3. The lowest BCUT2D eigenvalue weighted by Crippen LogP contribution is -1.83. The molecule has 2 nitrogen and oxygen atoms in total. The Hall–Kier alpha value is -0.630. The quantitative estimate of drug-likeness (QED) is 0.558. The molecule has 0 aliphatic carbocycles. The van der Waals surface area contributed by atoms with Gasteiger partial charge in [-0.3, -0.25) is 4.98 Å². The second kappa shape index (κ2) is 3.52. The van der Waals surface area contributed by atoms with Crippen LogP contribution in [0.15, 0.2) is 18.3 Å². The molecule has 0 saturated carbocycles. The fourth-order valence-electron chi connectivity index (χ4n) is 0.570. The number of rotatable bonds is 1. The molecule has 0 spiro atoms. The first-order chi connectivity index (χ1) is 4.86. The summed E-state index contributed by atoms with van der Waals surface area (Å²) < 4.78 is 0.892.